The summed E-state index contributed by atoms with van der Waals surface area (Å²) in [5, 5.41) is 2.00. The molecule has 2 nitrogen and oxygen atoms in total. The molecular weight excluding hydrogens is 335 g/mol. The second-order valence-corrected chi connectivity index (χ2v) is 6.44. The summed E-state index contributed by atoms with van der Waals surface area (Å²) in [6.45, 7) is 0. The van der Waals surface area contributed by atoms with Crippen LogP contribution in [0.1, 0.15) is 11.6 Å². The van der Waals surface area contributed by atoms with Crippen LogP contribution in [0.3, 0.4) is 0 Å². The molecule has 0 aromatic heterocycles. The fourth-order valence-electron chi connectivity index (χ4n) is 1.74. The highest BCUT2D eigenvalue weighted by molar-refractivity contribution is 7.99. The van der Waals surface area contributed by atoms with Crippen molar-refractivity contribution in [2.45, 2.75) is 10.9 Å². The number of rotatable bonds is 5. The van der Waals surface area contributed by atoms with Crippen LogP contribution >= 0.6 is 46.6 Å². The summed E-state index contributed by atoms with van der Waals surface area (Å²) in [4.78, 5) is 1.01. The number of halogens is 3. The minimum atomic E-state index is -0.109. The molecule has 0 heterocycles. The van der Waals surface area contributed by atoms with E-state index in [-0.39, 0.29) is 6.04 Å². The largest absolute Gasteiger partial charge is 0.271 e. The van der Waals surface area contributed by atoms with Gasteiger partial charge in [-0.3, -0.25) is 11.3 Å². The first-order valence-corrected chi connectivity index (χ1v) is 8.02. The Balaban J connectivity index is 2.13. The number of nitrogens with one attached hydrogen (secondary N) is 1. The van der Waals surface area contributed by atoms with Crippen LogP contribution in [0.15, 0.2) is 47.4 Å². The molecule has 20 heavy (non-hydrogen) atoms. The van der Waals surface area contributed by atoms with Crippen LogP contribution in [0.5, 0.6) is 0 Å². The number of thioether (sulfide) groups is 1. The van der Waals surface area contributed by atoms with Gasteiger partial charge in [0.05, 0.1) is 11.1 Å². The molecule has 6 heteroatoms. The summed E-state index contributed by atoms with van der Waals surface area (Å²) < 4.78 is 0. The molecule has 0 fully saturated rings. The Labute approximate surface area is 137 Å². The number of hydrogen-bond donors (Lipinski definition) is 2. The normalized spacial score (nSPS) is 12.4. The van der Waals surface area contributed by atoms with Gasteiger partial charge < -0.3 is 0 Å². The Morgan fingerprint density at radius 3 is 2.50 bits per heavy atom. The first-order chi connectivity index (χ1) is 9.61. The Bertz CT molecular complexity index is 592. The average molecular weight is 348 g/mol. The van der Waals surface area contributed by atoms with Crippen LogP contribution in [0.4, 0.5) is 0 Å². The minimum Gasteiger partial charge on any atom is -0.271 e. The zero-order chi connectivity index (χ0) is 14.5. The van der Waals surface area contributed by atoms with Crippen molar-refractivity contribution in [1.82, 2.24) is 5.43 Å². The van der Waals surface area contributed by atoms with Crippen molar-refractivity contribution >= 4 is 46.6 Å². The lowest BCUT2D eigenvalue weighted by atomic mass is 10.1. The summed E-state index contributed by atoms with van der Waals surface area (Å²) in [6, 6.07) is 12.9. The molecule has 3 N–H and O–H groups in total. The van der Waals surface area contributed by atoms with E-state index in [2.05, 4.69) is 5.43 Å². The van der Waals surface area contributed by atoms with Crippen molar-refractivity contribution in [1.29, 1.82) is 0 Å². The fraction of sp³-hybridized carbons (Fsp3) is 0.143. The van der Waals surface area contributed by atoms with E-state index in [9.17, 15) is 0 Å². The van der Waals surface area contributed by atoms with Crippen molar-refractivity contribution in [2.75, 3.05) is 5.75 Å². The van der Waals surface area contributed by atoms with E-state index in [1.807, 2.05) is 30.3 Å². The molecule has 0 aliphatic carbocycles. The third kappa shape index (κ3) is 4.04. The lowest BCUT2D eigenvalue weighted by Crippen LogP contribution is -2.29. The van der Waals surface area contributed by atoms with Gasteiger partial charge in [0.25, 0.3) is 0 Å². The van der Waals surface area contributed by atoms with E-state index in [4.69, 9.17) is 40.6 Å². The van der Waals surface area contributed by atoms with Crippen molar-refractivity contribution in [3.05, 3.63) is 63.1 Å². The van der Waals surface area contributed by atoms with Crippen molar-refractivity contribution < 1.29 is 0 Å². The summed E-state index contributed by atoms with van der Waals surface area (Å²) >= 11 is 19.9. The van der Waals surface area contributed by atoms with Crippen LogP contribution in [-0.2, 0) is 0 Å². The molecule has 1 unspecified atom stereocenters. The van der Waals surface area contributed by atoms with Gasteiger partial charge in [0.1, 0.15) is 0 Å². The third-order valence-electron chi connectivity index (χ3n) is 2.78. The molecule has 1 atom stereocenters. The molecule has 106 valence electrons. The Morgan fingerprint density at radius 1 is 1.05 bits per heavy atom. The topological polar surface area (TPSA) is 38.0 Å². The van der Waals surface area contributed by atoms with Gasteiger partial charge in [-0.25, -0.2) is 0 Å². The number of hydrogen-bond acceptors (Lipinski definition) is 3. The average Bonchev–Trinajstić information content (AvgIpc) is 2.45. The molecule has 0 saturated heterocycles. The summed E-state index contributed by atoms with van der Waals surface area (Å²) in [5.41, 5.74) is 3.65. The molecule has 0 spiro atoms. The van der Waals surface area contributed by atoms with Crippen LogP contribution in [-0.4, -0.2) is 5.75 Å². The van der Waals surface area contributed by atoms with Crippen LogP contribution in [0, 0.1) is 0 Å². The van der Waals surface area contributed by atoms with Gasteiger partial charge in [0, 0.05) is 20.7 Å². The van der Waals surface area contributed by atoms with Gasteiger partial charge in [0.2, 0.25) is 0 Å². The van der Waals surface area contributed by atoms with Crippen molar-refractivity contribution in [2.24, 2.45) is 5.84 Å². The van der Waals surface area contributed by atoms with Gasteiger partial charge in [-0.2, -0.15) is 0 Å². The van der Waals surface area contributed by atoms with E-state index < -0.39 is 0 Å². The van der Waals surface area contributed by atoms with Gasteiger partial charge in [0.15, 0.2) is 0 Å². The molecule has 0 bridgehead atoms. The molecule has 0 saturated carbocycles. The highest BCUT2D eigenvalue weighted by Gasteiger charge is 2.15. The quantitative estimate of drug-likeness (QED) is 0.457. The highest BCUT2D eigenvalue weighted by atomic mass is 35.5. The molecule has 2 rings (SSSR count). The molecule has 2 aromatic rings. The Hall–Kier alpha value is -0.420. The van der Waals surface area contributed by atoms with E-state index >= 15 is 0 Å². The summed E-state index contributed by atoms with van der Waals surface area (Å²) in [5.74, 6) is 6.32. The third-order valence-corrected chi connectivity index (χ3v) is 4.96. The molecule has 0 amide bonds. The molecule has 0 radical (unpaired) electrons. The Morgan fingerprint density at radius 2 is 1.80 bits per heavy atom. The molecule has 0 aliphatic rings. The zero-order valence-electron chi connectivity index (χ0n) is 10.4. The second-order valence-electron chi connectivity index (χ2n) is 4.13. The zero-order valence-corrected chi connectivity index (χ0v) is 13.5. The maximum absolute atomic E-state index is 6.19. The van der Waals surface area contributed by atoms with Gasteiger partial charge in [-0.05, 0) is 35.9 Å². The van der Waals surface area contributed by atoms with Crippen molar-refractivity contribution in [3.63, 3.8) is 0 Å². The fourth-order valence-corrected chi connectivity index (χ4v) is 3.48. The highest BCUT2D eigenvalue weighted by Crippen LogP contribution is 2.32. The summed E-state index contributed by atoms with van der Waals surface area (Å²) in [7, 11) is 0. The van der Waals surface area contributed by atoms with Gasteiger partial charge in [-0.1, -0.05) is 46.9 Å². The number of nitrogens with two attached hydrogens (primary N) is 1. The van der Waals surface area contributed by atoms with Crippen LogP contribution in [0.25, 0.3) is 0 Å². The van der Waals surface area contributed by atoms with E-state index in [0.717, 1.165) is 15.5 Å². The SMILES string of the molecule is NNC(CSc1ccccc1Cl)c1cc(Cl)ccc1Cl. The predicted octanol–water partition coefficient (Wildman–Crippen LogP) is 4.94. The molecule has 2 aromatic carbocycles. The van der Waals surface area contributed by atoms with E-state index in [1.165, 1.54) is 0 Å². The molecular formula is C14H13Cl3N2S. The maximum Gasteiger partial charge on any atom is 0.0569 e. The molecule has 0 aliphatic heterocycles. The minimum absolute atomic E-state index is 0.109. The lowest BCUT2D eigenvalue weighted by Gasteiger charge is -2.18. The standard InChI is InChI=1S/C14H13Cl3N2S/c15-9-5-6-11(16)10(7-9)13(19-18)8-20-14-4-2-1-3-12(14)17/h1-7,13,19H,8,18H2. The summed E-state index contributed by atoms with van der Waals surface area (Å²) in [6.07, 6.45) is 0. The van der Waals surface area contributed by atoms with E-state index in [0.29, 0.717) is 15.8 Å². The maximum atomic E-state index is 6.19. The smallest absolute Gasteiger partial charge is 0.0569 e. The van der Waals surface area contributed by atoms with Crippen molar-refractivity contribution in [3.8, 4) is 0 Å². The first kappa shape index (κ1) is 16.0. The monoisotopic (exact) mass is 346 g/mol. The van der Waals surface area contributed by atoms with Crippen LogP contribution < -0.4 is 11.3 Å². The Kier molecular flexibility index (Phi) is 6.02. The van der Waals surface area contributed by atoms with Gasteiger partial charge in [-0.15, -0.1) is 11.8 Å². The first-order valence-electron chi connectivity index (χ1n) is 5.90. The predicted molar refractivity (Wildman–Crippen MR) is 88.7 cm³/mol. The number of benzene rings is 2. The second kappa shape index (κ2) is 7.55. The number of hydrazine groups is 1. The van der Waals surface area contributed by atoms with Gasteiger partial charge >= 0.3 is 0 Å². The van der Waals surface area contributed by atoms with Crippen LogP contribution in [0.2, 0.25) is 15.1 Å². The van der Waals surface area contributed by atoms with E-state index in [1.54, 1.807) is 23.9 Å². The lowest BCUT2D eigenvalue weighted by molar-refractivity contribution is 0.611.